The SMILES string of the molecule is c1cc(-c2ccc3c(c2)c2ccccc2n2c4ccccc4nc32)nc(-c2ccc3ccc4cccc5ccc2c3c45)c1. The number of aromatic nitrogens is 3. The monoisotopic (exact) mass is 545 g/mol. The Balaban J connectivity index is 1.20. The van der Waals surface area contributed by atoms with Crippen LogP contribution in [0.3, 0.4) is 0 Å². The van der Waals surface area contributed by atoms with E-state index in [9.17, 15) is 0 Å². The van der Waals surface area contributed by atoms with Crippen LogP contribution in [-0.4, -0.2) is 14.4 Å². The maximum atomic E-state index is 5.26. The molecule has 198 valence electrons. The average molecular weight is 546 g/mol. The lowest BCUT2D eigenvalue weighted by Crippen LogP contribution is -1.93. The van der Waals surface area contributed by atoms with E-state index in [1.54, 1.807) is 0 Å². The molecule has 0 aliphatic carbocycles. The normalized spacial score (nSPS) is 12.2. The number of hydrogen-bond acceptors (Lipinski definition) is 2. The van der Waals surface area contributed by atoms with Crippen LogP contribution in [0.5, 0.6) is 0 Å². The molecule has 0 radical (unpaired) electrons. The van der Waals surface area contributed by atoms with Crippen LogP contribution >= 0.6 is 0 Å². The van der Waals surface area contributed by atoms with Crippen molar-refractivity contribution in [1.29, 1.82) is 0 Å². The highest BCUT2D eigenvalue weighted by Crippen LogP contribution is 2.40. The number of pyridine rings is 2. The number of benzene rings is 7. The molecule has 0 atom stereocenters. The Morgan fingerprint density at radius 2 is 1.12 bits per heavy atom. The first-order valence-corrected chi connectivity index (χ1v) is 14.7. The van der Waals surface area contributed by atoms with Gasteiger partial charge >= 0.3 is 0 Å². The van der Waals surface area contributed by atoms with Gasteiger partial charge in [-0.25, -0.2) is 9.97 Å². The summed E-state index contributed by atoms with van der Waals surface area (Å²) >= 11 is 0. The molecule has 0 amide bonds. The highest BCUT2D eigenvalue weighted by atomic mass is 15.0. The fourth-order valence-corrected chi connectivity index (χ4v) is 7.17. The lowest BCUT2D eigenvalue weighted by molar-refractivity contribution is 1.31. The van der Waals surface area contributed by atoms with Crippen molar-refractivity contribution in [3.05, 3.63) is 140 Å². The van der Waals surface area contributed by atoms with Crippen molar-refractivity contribution in [2.45, 2.75) is 0 Å². The highest BCUT2D eigenvalue weighted by Gasteiger charge is 2.16. The van der Waals surface area contributed by atoms with E-state index in [0.717, 1.165) is 50.1 Å². The van der Waals surface area contributed by atoms with E-state index in [4.69, 9.17) is 9.97 Å². The van der Waals surface area contributed by atoms with Crippen molar-refractivity contribution >= 4 is 70.7 Å². The zero-order valence-electron chi connectivity index (χ0n) is 23.1. The second-order valence-corrected chi connectivity index (χ2v) is 11.4. The van der Waals surface area contributed by atoms with E-state index in [0.29, 0.717) is 0 Å². The van der Waals surface area contributed by atoms with Gasteiger partial charge in [-0.2, -0.15) is 0 Å². The molecule has 3 heteroatoms. The number of imidazole rings is 1. The van der Waals surface area contributed by atoms with Crippen LogP contribution in [0.1, 0.15) is 0 Å². The molecule has 3 aromatic heterocycles. The van der Waals surface area contributed by atoms with Crippen molar-refractivity contribution in [3.63, 3.8) is 0 Å². The number of para-hydroxylation sites is 3. The van der Waals surface area contributed by atoms with Crippen LogP contribution in [0.2, 0.25) is 0 Å². The van der Waals surface area contributed by atoms with Gasteiger partial charge in [0.25, 0.3) is 0 Å². The molecular formula is C40H23N3. The molecular weight excluding hydrogens is 522 g/mol. The Hall–Kier alpha value is -5.80. The van der Waals surface area contributed by atoms with E-state index in [1.165, 1.54) is 43.1 Å². The van der Waals surface area contributed by atoms with Crippen LogP contribution in [0, 0.1) is 0 Å². The van der Waals surface area contributed by atoms with Gasteiger partial charge in [0.05, 0.1) is 27.9 Å². The summed E-state index contributed by atoms with van der Waals surface area (Å²) in [5.74, 6) is 0. The molecule has 0 aliphatic heterocycles. The van der Waals surface area contributed by atoms with E-state index in [1.807, 2.05) is 0 Å². The summed E-state index contributed by atoms with van der Waals surface area (Å²) < 4.78 is 2.29. The molecule has 3 heterocycles. The van der Waals surface area contributed by atoms with Crippen molar-refractivity contribution in [1.82, 2.24) is 14.4 Å². The van der Waals surface area contributed by atoms with Crippen molar-refractivity contribution in [2.24, 2.45) is 0 Å². The third-order valence-corrected chi connectivity index (χ3v) is 9.11. The van der Waals surface area contributed by atoms with Gasteiger partial charge in [-0.3, -0.25) is 4.40 Å². The topological polar surface area (TPSA) is 30.2 Å². The smallest absolute Gasteiger partial charge is 0.146 e. The summed E-state index contributed by atoms with van der Waals surface area (Å²) in [6.45, 7) is 0. The molecule has 0 saturated carbocycles. The van der Waals surface area contributed by atoms with Gasteiger partial charge < -0.3 is 0 Å². The Morgan fingerprint density at radius 3 is 2.02 bits per heavy atom. The Kier molecular flexibility index (Phi) is 4.45. The largest absolute Gasteiger partial charge is 0.292 e. The van der Waals surface area contributed by atoms with Crippen molar-refractivity contribution in [2.75, 3.05) is 0 Å². The molecule has 10 rings (SSSR count). The van der Waals surface area contributed by atoms with Crippen LogP contribution < -0.4 is 0 Å². The average Bonchev–Trinajstić information content (AvgIpc) is 3.47. The van der Waals surface area contributed by atoms with Gasteiger partial charge in [-0.05, 0) is 80.2 Å². The molecule has 0 N–H and O–H groups in total. The van der Waals surface area contributed by atoms with E-state index < -0.39 is 0 Å². The molecule has 0 fully saturated rings. The van der Waals surface area contributed by atoms with Crippen LogP contribution in [0.4, 0.5) is 0 Å². The minimum absolute atomic E-state index is 0.961. The molecule has 0 bridgehead atoms. The quantitative estimate of drug-likeness (QED) is 0.202. The number of fused-ring (bicyclic) bond motifs is 8. The summed E-state index contributed by atoms with van der Waals surface area (Å²) in [6, 6.07) is 50.0. The molecule has 43 heavy (non-hydrogen) atoms. The van der Waals surface area contributed by atoms with Crippen molar-refractivity contribution in [3.8, 4) is 22.5 Å². The summed E-state index contributed by atoms with van der Waals surface area (Å²) in [7, 11) is 0. The fraction of sp³-hybridized carbons (Fsp3) is 0. The lowest BCUT2D eigenvalue weighted by atomic mass is 9.91. The standard InChI is InChI=1S/C40H23N3/c1-3-13-36-29(9-1)32-23-27(19-22-31(32)40-42-35-10-2-4-14-37(35)43(36)40)33-11-6-12-34(41-33)28-20-17-26-16-15-24-7-5-8-25-18-21-30(28)39(26)38(24)25/h1-23H. The van der Waals surface area contributed by atoms with Gasteiger partial charge in [-0.1, -0.05) is 97.1 Å². The zero-order chi connectivity index (χ0) is 28.1. The summed E-state index contributed by atoms with van der Waals surface area (Å²) in [5, 5.41) is 11.2. The second kappa shape index (κ2) is 8.37. The minimum atomic E-state index is 0.961. The summed E-state index contributed by atoms with van der Waals surface area (Å²) in [4.78, 5) is 10.3. The molecule has 0 saturated heterocycles. The number of rotatable bonds is 2. The predicted octanol–water partition coefficient (Wildman–Crippen LogP) is 10.4. The zero-order valence-corrected chi connectivity index (χ0v) is 23.1. The first-order valence-electron chi connectivity index (χ1n) is 14.7. The Bertz CT molecular complexity index is 2720. The van der Waals surface area contributed by atoms with Gasteiger partial charge in [0.15, 0.2) is 0 Å². The molecule has 7 aromatic carbocycles. The van der Waals surface area contributed by atoms with Gasteiger partial charge in [-0.15, -0.1) is 0 Å². The number of hydrogen-bond donors (Lipinski definition) is 0. The minimum Gasteiger partial charge on any atom is -0.292 e. The summed E-state index contributed by atoms with van der Waals surface area (Å²) in [5.41, 5.74) is 8.47. The third kappa shape index (κ3) is 3.14. The van der Waals surface area contributed by atoms with Gasteiger partial charge in [0.1, 0.15) is 5.65 Å². The van der Waals surface area contributed by atoms with Crippen LogP contribution in [0.15, 0.2) is 140 Å². The van der Waals surface area contributed by atoms with Gasteiger partial charge in [0, 0.05) is 21.9 Å². The second-order valence-electron chi connectivity index (χ2n) is 11.4. The third-order valence-electron chi connectivity index (χ3n) is 9.11. The van der Waals surface area contributed by atoms with Crippen LogP contribution in [-0.2, 0) is 0 Å². The predicted molar refractivity (Wildman–Crippen MR) is 180 cm³/mol. The molecule has 3 nitrogen and oxygen atoms in total. The first kappa shape index (κ1) is 22.8. The maximum absolute atomic E-state index is 5.26. The van der Waals surface area contributed by atoms with E-state index >= 15 is 0 Å². The van der Waals surface area contributed by atoms with E-state index in [-0.39, 0.29) is 0 Å². The fourth-order valence-electron chi connectivity index (χ4n) is 7.17. The van der Waals surface area contributed by atoms with Crippen molar-refractivity contribution < 1.29 is 0 Å². The Morgan fingerprint density at radius 1 is 0.419 bits per heavy atom. The highest BCUT2D eigenvalue weighted by molar-refractivity contribution is 6.25. The Labute approximate surface area is 246 Å². The maximum Gasteiger partial charge on any atom is 0.146 e. The first-order chi connectivity index (χ1) is 21.3. The number of nitrogens with zero attached hydrogens (tertiary/aromatic N) is 3. The molecule has 0 unspecified atom stereocenters. The molecule has 10 aromatic rings. The van der Waals surface area contributed by atoms with Crippen LogP contribution in [0.25, 0.3) is 93.2 Å². The molecule has 0 spiro atoms. The lowest BCUT2D eigenvalue weighted by Gasteiger charge is -2.14. The summed E-state index contributed by atoms with van der Waals surface area (Å²) in [6.07, 6.45) is 0. The molecule has 0 aliphatic rings. The van der Waals surface area contributed by atoms with Gasteiger partial charge in [0.2, 0.25) is 0 Å². The van der Waals surface area contributed by atoms with E-state index in [2.05, 4.69) is 144 Å².